The standard InChI is InChI=1S/C13H16O/c1-2-3-6-9-13(14)10-11-7-4-5-8-12(11)13/h2,4-5,7-8,14H,1,3,6,9-10H2/t13-/m0/s1. The SMILES string of the molecule is C=CCCC[C@]1(O)Cc2ccccc21. The molecule has 1 aromatic carbocycles. The monoisotopic (exact) mass is 188 g/mol. The molecule has 0 saturated heterocycles. The summed E-state index contributed by atoms with van der Waals surface area (Å²) < 4.78 is 0. The first kappa shape index (κ1) is 9.47. The van der Waals surface area contributed by atoms with Crippen LogP contribution in [0.1, 0.15) is 30.4 Å². The maximum Gasteiger partial charge on any atom is 0.0939 e. The van der Waals surface area contributed by atoms with Crippen LogP contribution in [0.5, 0.6) is 0 Å². The minimum Gasteiger partial charge on any atom is -0.385 e. The van der Waals surface area contributed by atoms with Gasteiger partial charge in [0.1, 0.15) is 0 Å². The van der Waals surface area contributed by atoms with Gasteiger partial charge in [0.25, 0.3) is 0 Å². The predicted octanol–water partition coefficient (Wildman–Crippen LogP) is 2.79. The van der Waals surface area contributed by atoms with Crippen molar-refractivity contribution in [3.05, 3.63) is 48.0 Å². The Morgan fingerprint density at radius 2 is 2.21 bits per heavy atom. The zero-order valence-corrected chi connectivity index (χ0v) is 8.37. The number of fused-ring (bicyclic) bond motifs is 1. The lowest BCUT2D eigenvalue weighted by Crippen LogP contribution is -2.38. The Hall–Kier alpha value is -1.08. The van der Waals surface area contributed by atoms with Gasteiger partial charge in [-0.15, -0.1) is 6.58 Å². The van der Waals surface area contributed by atoms with Crippen molar-refractivity contribution in [2.24, 2.45) is 0 Å². The molecule has 0 radical (unpaired) electrons. The summed E-state index contributed by atoms with van der Waals surface area (Å²) in [6, 6.07) is 8.16. The molecule has 1 aromatic rings. The Labute approximate surface area is 85.1 Å². The fraction of sp³-hybridized carbons (Fsp3) is 0.385. The van der Waals surface area contributed by atoms with E-state index in [1.807, 2.05) is 24.3 Å². The number of hydrogen-bond acceptors (Lipinski definition) is 1. The van der Waals surface area contributed by atoms with Crippen LogP contribution in [0.25, 0.3) is 0 Å². The zero-order valence-electron chi connectivity index (χ0n) is 8.37. The average Bonchev–Trinajstić information content (AvgIpc) is 2.17. The van der Waals surface area contributed by atoms with Gasteiger partial charge in [0.2, 0.25) is 0 Å². The summed E-state index contributed by atoms with van der Waals surface area (Å²) in [6.07, 6.45) is 5.60. The Kier molecular flexibility index (Phi) is 2.42. The molecular weight excluding hydrogens is 172 g/mol. The van der Waals surface area contributed by atoms with Crippen molar-refractivity contribution >= 4 is 0 Å². The fourth-order valence-electron chi connectivity index (χ4n) is 2.19. The third-order valence-electron chi connectivity index (χ3n) is 3.00. The molecular formula is C13H16O. The molecule has 1 heteroatoms. The van der Waals surface area contributed by atoms with Crippen molar-refractivity contribution in [3.8, 4) is 0 Å². The van der Waals surface area contributed by atoms with E-state index in [2.05, 4.69) is 12.6 Å². The highest BCUT2D eigenvalue weighted by Crippen LogP contribution is 2.42. The van der Waals surface area contributed by atoms with Gasteiger partial charge < -0.3 is 5.11 Å². The van der Waals surface area contributed by atoms with Crippen LogP contribution in [0.3, 0.4) is 0 Å². The molecule has 0 spiro atoms. The molecule has 0 aliphatic heterocycles. The summed E-state index contributed by atoms with van der Waals surface area (Å²) in [5.74, 6) is 0. The molecule has 0 aromatic heterocycles. The zero-order chi connectivity index (χ0) is 10.0. The van der Waals surface area contributed by atoms with E-state index in [1.54, 1.807) is 0 Å². The van der Waals surface area contributed by atoms with Gasteiger partial charge in [-0.2, -0.15) is 0 Å². The Balaban J connectivity index is 2.04. The third kappa shape index (κ3) is 1.48. The summed E-state index contributed by atoms with van der Waals surface area (Å²) in [4.78, 5) is 0. The molecule has 0 bridgehead atoms. The highest BCUT2D eigenvalue weighted by Gasteiger charge is 2.39. The Morgan fingerprint density at radius 3 is 2.93 bits per heavy atom. The highest BCUT2D eigenvalue weighted by atomic mass is 16.3. The number of allylic oxidation sites excluding steroid dienone is 1. The highest BCUT2D eigenvalue weighted by molar-refractivity contribution is 5.42. The van der Waals surface area contributed by atoms with E-state index in [4.69, 9.17) is 0 Å². The summed E-state index contributed by atoms with van der Waals surface area (Å²) >= 11 is 0. The molecule has 1 aliphatic rings. The molecule has 0 unspecified atom stereocenters. The van der Waals surface area contributed by atoms with E-state index in [0.29, 0.717) is 0 Å². The number of rotatable bonds is 4. The van der Waals surface area contributed by atoms with Gasteiger partial charge in [-0.05, 0) is 30.4 Å². The summed E-state index contributed by atoms with van der Waals surface area (Å²) in [6.45, 7) is 3.69. The minimum absolute atomic E-state index is 0.542. The van der Waals surface area contributed by atoms with Crippen LogP contribution < -0.4 is 0 Å². The van der Waals surface area contributed by atoms with Gasteiger partial charge in [-0.3, -0.25) is 0 Å². The molecule has 1 aliphatic carbocycles. The van der Waals surface area contributed by atoms with Gasteiger partial charge in [-0.25, -0.2) is 0 Å². The second-order valence-corrected chi connectivity index (χ2v) is 4.05. The quantitative estimate of drug-likeness (QED) is 0.569. The van der Waals surface area contributed by atoms with E-state index in [1.165, 1.54) is 5.56 Å². The van der Waals surface area contributed by atoms with Gasteiger partial charge in [0.15, 0.2) is 0 Å². The lowest BCUT2D eigenvalue weighted by Gasteiger charge is -2.39. The fourth-order valence-corrected chi connectivity index (χ4v) is 2.19. The number of aliphatic hydroxyl groups is 1. The first-order valence-corrected chi connectivity index (χ1v) is 5.18. The second-order valence-electron chi connectivity index (χ2n) is 4.05. The number of benzene rings is 1. The third-order valence-corrected chi connectivity index (χ3v) is 3.00. The molecule has 2 rings (SSSR count). The van der Waals surface area contributed by atoms with Crippen LogP contribution in [0, 0.1) is 0 Å². The summed E-state index contributed by atoms with van der Waals surface area (Å²) in [5, 5.41) is 10.3. The molecule has 1 N–H and O–H groups in total. The van der Waals surface area contributed by atoms with Crippen LogP contribution in [-0.2, 0) is 12.0 Å². The van der Waals surface area contributed by atoms with E-state index >= 15 is 0 Å². The summed E-state index contributed by atoms with van der Waals surface area (Å²) in [7, 11) is 0. The number of hydrogen-bond donors (Lipinski definition) is 1. The van der Waals surface area contributed by atoms with Gasteiger partial charge in [-0.1, -0.05) is 30.3 Å². The molecule has 1 atom stereocenters. The first-order valence-electron chi connectivity index (χ1n) is 5.18. The van der Waals surface area contributed by atoms with Crippen molar-refractivity contribution in [1.82, 2.24) is 0 Å². The average molecular weight is 188 g/mol. The van der Waals surface area contributed by atoms with Crippen molar-refractivity contribution in [2.45, 2.75) is 31.3 Å². The largest absolute Gasteiger partial charge is 0.385 e. The summed E-state index contributed by atoms with van der Waals surface area (Å²) in [5.41, 5.74) is 1.89. The molecule has 0 heterocycles. The van der Waals surface area contributed by atoms with Crippen molar-refractivity contribution < 1.29 is 5.11 Å². The van der Waals surface area contributed by atoms with Crippen LogP contribution in [0.2, 0.25) is 0 Å². The van der Waals surface area contributed by atoms with E-state index < -0.39 is 5.60 Å². The van der Waals surface area contributed by atoms with Crippen molar-refractivity contribution in [1.29, 1.82) is 0 Å². The van der Waals surface area contributed by atoms with Crippen molar-refractivity contribution in [3.63, 3.8) is 0 Å². The molecule has 74 valence electrons. The lowest BCUT2D eigenvalue weighted by molar-refractivity contribution is 0.00224. The normalized spacial score (nSPS) is 23.8. The van der Waals surface area contributed by atoms with Crippen LogP contribution in [0.4, 0.5) is 0 Å². The van der Waals surface area contributed by atoms with Crippen LogP contribution >= 0.6 is 0 Å². The lowest BCUT2D eigenvalue weighted by atomic mass is 9.71. The molecule has 1 nitrogen and oxygen atoms in total. The maximum atomic E-state index is 10.3. The molecule has 14 heavy (non-hydrogen) atoms. The van der Waals surface area contributed by atoms with Crippen LogP contribution in [-0.4, -0.2) is 5.11 Å². The number of unbranched alkanes of at least 4 members (excludes halogenated alkanes) is 1. The first-order chi connectivity index (χ1) is 6.76. The molecule has 0 amide bonds. The predicted molar refractivity (Wildman–Crippen MR) is 58.1 cm³/mol. The van der Waals surface area contributed by atoms with Gasteiger partial charge >= 0.3 is 0 Å². The van der Waals surface area contributed by atoms with Gasteiger partial charge in [0.05, 0.1) is 5.60 Å². The van der Waals surface area contributed by atoms with Gasteiger partial charge in [0, 0.05) is 6.42 Å². The topological polar surface area (TPSA) is 20.2 Å². The maximum absolute atomic E-state index is 10.3. The van der Waals surface area contributed by atoms with E-state index in [-0.39, 0.29) is 0 Å². The van der Waals surface area contributed by atoms with E-state index in [9.17, 15) is 5.11 Å². The molecule has 0 saturated carbocycles. The van der Waals surface area contributed by atoms with E-state index in [0.717, 1.165) is 31.2 Å². The second kappa shape index (κ2) is 3.58. The Morgan fingerprint density at radius 1 is 1.43 bits per heavy atom. The van der Waals surface area contributed by atoms with Crippen molar-refractivity contribution in [2.75, 3.05) is 0 Å². The minimum atomic E-state index is -0.542. The smallest absolute Gasteiger partial charge is 0.0939 e. The molecule has 0 fully saturated rings. The Bertz CT molecular complexity index is 343. The van der Waals surface area contributed by atoms with Crippen LogP contribution in [0.15, 0.2) is 36.9 Å².